The molecule has 0 aliphatic heterocycles. The van der Waals surface area contributed by atoms with Gasteiger partial charge < -0.3 is 20.9 Å². The Bertz CT molecular complexity index is 496. The summed E-state index contributed by atoms with van der Waals surface area (Å²) in [5, 5.41) is 8.41. The van der Waals surface area contributed by atoms with E-state index in [0.717, 1.165) is 19.6 Å². The van der Waals surface area contributed by atoms with Crippen LogP contribution in [0.25, 0.3) is 0 Å². The minimum atomic E-state index is -0.239. The van der Waals surface area contributed by atoms with Gasteiger partial charge >= 0.3 is 6.03 Å². The Kier molecular flexibility index (Phi) is 8.11. The third-order valence-corrected chi connectivity index (χ3v) is 3.43. The molecule has 0 saturated heterocycles. The highest BCUT2D eigenvalue weighted by Gasteiger charge is 2.07. The molecule has 0 unspecified atom stereocenters. The first-order valence-corrected chi connectivity index (χ1v) is 8.14. The number of nitrogens with one attached hydrogen (secondary N) is 3. The number of rotatable bonds is 8. The van der Waals surface area contributed by atoms with Crippen LogP contribution in [0, 0.1) is 0 Å². The Hall–Kier alpha value is -2.08. The van der Waals surface area contributed by atoms with Crippen LogP contribution in [-0.2, 0) is 0 Å². The van der Waals surface area contributed by atoms with Crippen LogP contribution >= 0.6 is 0 Å². The van der Waals surface area contributed by atoms with Crippen molar-refractivity contribution in [2.24, 2.45) is 0 Å². The number of likely N-dealkylation sites (N-methyl/N-ethyl adjacent to an activating group) is 1. The van der Waals surface area contributed by atoms with Crippen LogP contribution in [0.2, 0.25) is 0 Å². The molecule has 6 heteroatoms. The van der Waals surface area contributed by atoms with E-state index in [-0.39, 0.29) is 18.0 Å². The summed E-state index contributed by atoms with van der Waals surface area (Å²) in [6.45, 7) is 11.4. The summed E-state index contributed by atoms with van der Waals surface area (Å²) in [5.41, 5.74) is 1.23. The van der Waals surface area contributed by atoms with Gasteiger partial charge in [-0.2, -0.15) is 0 Å². The lowest BCUT2D eigenvalue weighted by atomic mass is 10.2. The average Bonchev–Trinajstić information content (AvgIpc) is 2.51. The van der Waals surface area contributed by atoms with E-state index >= 15 is 0 Å². The molecule has 0 spiro atoms. The summed E-state index contributed by atoms with van der Waals surface area (Å²) in [6, 6.07) is 6.69. The van der Waals surface area contributed by atoms with E-state index in [1.807, 2.05) is 13.8 Å². The molecular formula is C17H28N4O2. The van der Waals surface area contributed by atoms with Gasteiger partial charge in [-0.1, -0.05) is 13.8 Å². The topological polar surface area (TPSA) is 73.5 Å². The molecule has 0 heterocycles. The first-order chi connectivity index (χ1) is 11.0. The molecule has 0 saturated carbocycles. The van der Waals surface area contributed by atoms with Crippen molar-refractivity contribution < 1.29 is 9.59 Å². The minimum Gasteiger partial charge on any atom is -0.350 e. The van der Waals surface area contributed by atoms with E-state index in [9.17, 15) is 9.59 Å². The van der Waals surface area contributed by atoms with E-state index in [0.29, 0.717) is 17.8 Å². The van der Waals surface area contributed by atoms with Crippen LogP contribution in [0.1, 0.15) is 38.1 Å². The number of anilines is 1. The molecule has 128 valence electrons. The lowest BCUT2D eigenvalue weighted by Gasteiger charge is -2.18. The number of urea groups is 1. The van der Waals surface area contributed by atoms with Gasteiger partial charge in [0.1, 0.15) is 0 Å². The Balaban J connectivity index is 2.42. The Labute approximate surface area is 138 Å². The third-order valence-electron chi connectivity index (χ3n) is 3.43. The fourth-order valence-electron chi connectivity index (χ4n) is 2.09. The van der Waals surface area contributed by atoms with E-state index in [1.165, 1.54) is 0 Å². The van der Waals surface area contributed by atoms with Gasteiger partial charge in [0.25, 0.3) is 5.91 Å². The highest BCUT2D eigenvalue weighted by Crippen LogP contribution is 2.09. The first kappa shape index (κ1) is 19.0. The SMILES string of the molecule is CCN(CC)CCNC(=O)Nc1ccc(C(=O)NC(C)C)cc1. The molecule has 23 heavy (non-hydrogen) atoms. The fourth-order valence-corrected chi connectivity index (χ4v) is 2.09. The number of nitrogens with zero attached hydrogens (tertiary/aromatic N) is 1. The summed E-state index contributed by atoms with van der Waals surface area (Å²) in [6.07, 6.45) is 0. The Morgan fingerprint density at radius 2 is 1.70 bits per heavy atom. The highest BCUT2D eigenvalue weighted by atomic mass is 16.2. The second kappa shape index (κ2) is 9.84. The zero-order valence-electron chi connectivity index (χ0n) is 14.5. The minimum absolute atomic E-state index is 0.0943. The van der Waals surface area contributed by atoms with Gasteiger partial charge in [-0.3, -0.25) is 4.79 Å². The molecule has 0 aromatic heterocycles. The molecule has 6 nitrogen and oxygen atoms in total. The molecule has 0 radical (unpaired) electrons. The number of hydrogen-bond donors (Lipinski definition) is 3. The summed E-state index contributed by atoms with van der Waals surface area (Å²) in [5.74, 6) is -0.116. The maximum absolute atomic E-state index is 11.8. The van der Waals surface area contributed by atoms with Gasteiger partial charge in [0, 0.05) is 30.4 Å². The molecular weight excluding hydrogens is 292 g/mol. The maximum atomic E-state index is 11.8. The smallest absolute Gasteiger partial charge is 0.319 e. The van der Waals surface area contributed by atoms with Crippen molar-refractivity contribution in [2.45, 2.75) is 33.7 Å². The van der Waals surface area contributed by atoms with Crippen LogP contribution in [0.5, 0.6) is 0 Å². The van der Waals surface area contributed by atoms with Gasteiger partial charge in [-0.15, -0.1) is 0 Å². The highest BCUT2D eigenvalue weighted by molar-refractivity contribution is 5.95. The van der Waals surface area contributed by atoms with Crippen molar-refractivity contribution in [3.63, 3.8) is 0 Å². The quantitative estimate of drug-likeness (QED) is 0.688. The Morgan fingerprint density at radius 1 is 1.09 bits per heavy atom. The molecule has 0 atom stereocenters. The molecule has 1 aromatic carbocycles. The zero-order valence-corrected chi connectivity index (χ0v) is 14.5. The van der Waals surface area contributed by atoms with Crippen molar-refractivity contribution in [1.82, 2.24) is 15.5 Å². The number of carbonyl (C=O) groups is 2. The largest absolute Gasteiger partial charge is 0.350 e. The molecule has 3 N–H and O–H groups in total. The van der Waals surface area contributed by atoms with Crippen molar-refractivity contribution in [2.75, 3.05) is 31.5 Å². The predicted octanol–water partition coefficient (Wildman–Crippen LogP) is 2.29. The number of benzene rings is 1. The van der Waals surface area contributed by atoms with Crippen LogP contribution in [0.4, 0.5) is 10.5 Å². The van der Waals surface area contributed by atoms with Gasteiger partial charge in [0.2, 0.25) is 0 Å². The molecule has 0 aliphatic rings. The summed E-state index contributed by atoms with van der Waals surface area (Å²) in [7, 11) is 0. The molecule has 1 rings (SSSR count). The molecule has 3 amide bonds. The standard InChI is InChI=1S/C17H28N4O2/c1-5-21(6-2)12-11-18-17(23)20-15-9-7-14(8-10-15)16(22)19-13(3)4/h7-10,13H,5-6,11-12H2,1-4H3,(H,19,22)(H2,18,20,23). The zero-order chi connectivity index (χ0) is 17.2. The summed E-state index contributed by atoms with van der Waals surface area (Å²) >= 11 is 0. The van der Waals surface area contributed by atoms with Crippen molar-refractivity contribution in [1.29, 1.82) is 0 Å². The van der Waals surface area contributed by atoms with E-state index in [1.54, 1.807) is 24.3 Å². The van der Waals surface area contributed by atoms with Crippen molar-refractivity contribution in [3.8, 4) is 0 Å². The normalized spacial score (nSPS) is 10.7. The van der Waals surface area contributed by atoms with E-state index in [2.05, 4.69) is 34.7 Å². The number of amides is 3. The van der Waals surface area contributed by atoms with Crippen molar-refractivity contribution in [3.05, 3.63) is 29.8 Å². The number of carbonyl (C=O) groups excluding carboxylic acids is 2. The first-order valence-electron chi connectivity index (χ1n) is 8.14. The monoisotopic (exact) mass is 320 g/mol. The lowest BCUT2D eigenvalue weighted by molar-refractivity contribution is 0.0943. The van der Waals surface area contributed by atoms with Crippen molar-refractivity contribution >= 4 is 17.6 Å². The van der Waals surface area contributed by atoms with E-state index in [4.69, 9.17) is 0 Å². The molecule has 0 fully saturated rings. The average molecular weight is 320 g/mol. The van der Waals surface area contributed by atoms with Crippen LogP contribution in [0.3, 0.4) is 0 Å². The van der Waals surface area contributed by atoms with Crippen LogP contribution < -0.4 is 16.0 Å². The van der Waals surface area contributed by atoms with Gasteiger partial charge in [0.05, 0.1) is 0 Å². The van der Waals surface area contributed by atoms with Crippen LogP contribution in [0.15, 0.2) is 24.3 Å². The maximum Gasteiger partial charge on any atom is 0.319 e. The molecule has 0 aliphatic carbocycles. The third kappa shape index (κ3) is 7.15. The summed E-state index contributed by atoms with van der Waals surface area (Å²) in [4.78, 5) is 25.9. The molecule has 0 bridgehead atoms. The number of hydrogen-bond acceptors (Lipinski definition) is 3. The second-order valence-corrected chi connectivity index (χ2v) is 5.61. The van der Waals surface area contributed by atoms with Crippen LogP contribution in [-0.4, -0.2) is 49.1 Å². The second-order valence-electron chi connectivity index (χ2n) is 5.61. The van der Waals surface area contributed by atoms with Gasteiger partial charge in [-0.25, -0.2) is 4.79 Å². The van der Waals surface area contributed by atoms with Gasteiger partial charge in [0.15, 0.2) is 0 Å². The predicted molar refractivity (Wildman–Crippen MR) is 93.9 cm³/mol. The van der Waals surface area contributed by atoms with Gasteiger partial charge in [-0.05, 0) is 51.2 Å². The summed E-state index contributed by atoms with van der Waals surface area (Å²) < 4.78 is 0. The van der Waals surface area contributed by atoms with E-state index < -0.39 is 0 Å². The molecule has 1 aromatic rings. The lowest BCUT2D eigenvalue weighted by Crippen LogP contribution is -2.36. The Morgan fingerprint density at radius 3 is 2.22 bits per heavy atom. The fraction of sp³-hybridized carbons (Fsp3) is 0.529.